The average Bonchev–Trinajstić information content (AvgIpc) is 3.13. The number of rotatable bonds is 5. The summed E-state index contributed by atoms with van der Waals surface area (Å²) in [4.78, 5) is 18.4. The fourth-order valence-electron chi connectivity index (χ4n) is 2.32. The molecule has 3 aromatic rings. The lowest BCUT2D eigenvalue weighted by Gasteiger charge is -2.05. The Hall–Kier alpha value is -2.72. The molecule has 0 spiro atoms. The Morgan fingerprint density at radius 3 is 2.58 bits per heavy atom. The number of benzene rings is 2. The highest BCUT2D eigenvalue weighted by molar-refractivity contribution is 7.12. The lowest BCUT2D eigenvalue weighted by Crippen LogP contribution is -2.08. The molecule has 0 radical (unpaired) electrons. The van der Waals surface area contributed by atoms with E-state index >= 15 is 0 Å². The SMILES string of the molecule is Cc1cccc(C(=O)O/N=C(\Cc2ccccc2)c2cccs2)c1. The molecule has 3 rings (SSSR count). The van der Waals surface area contributed by atoms with Gasteiger partial charge in [0.25, 0.3) is 0 Å². The predicted octanol–water partition coefficient (Wildman–Crippen LogP) is 4.86. The molecule has 1 heterocycles. The fourth-order valence-corrected chi connectivity index (χ4v) is 3.02. The minimum absolute atomic E-state index is 0.444. The zero-order chi connectivity index (χ0) is 16.8. The zero-order valence-corrected chi connectivity index (χ0v) is 14.1. The van der Waals surface area contributed by atoms with Crippen molar-refractivity contribution in [1.82, 2.24) is 0 Å². The fraction of sp³-hybridized carbons (Fsp3) is 0.100. The third kappa shape index (κ3) is 4.18. The molecule has 4 heteroatoms. The van der Waals surface area contributed by atoms with Crippen LogP contribution in [-0.4, -0.2) is 11.7 Å². The van der Waals surface area contributed by atoms with E-state index in [0.717, 1.165) is 21.7 Å². The number of carbonyl (C=O) groups excluding carboxylic acids is 1. The van der Waals surface area contributed by atoms with Crippen molar-refractivity contribution in [2.45, 2.75) is 13.3 Å². The maximum absolute atomic E-state index is 12.2. The molecule has 0 bridgehead atoms. The van der Waals surface area contributed by atoms with Crippen LogP contribution in [-0.2, 0) is 11.3 Å². The van der Waals surface area contributed by atoms with Crippen molar-refractivity contribution in [3.63, 3.8) is 0 Å². The van der Waals surface area contributed by atoms with E-state index in [1.807, 2.05) is 66.9 Å². The summed E-state index contributed by atoms with van der Waals surface area (Å²) in [5.74, 6) is -0.444. The van der Waals surface area contributed by atoms with E-state index in [2.05, 4.69) is 5.16 Å². The molecule has 0 fully saturated rings. The van der Waals surface area contributed by atoms with E-state index < -0.39 is 5.97 Å². The molecule has 1 aromatic heterocycles. The maximum atomic E-state index is 12.2. The zero-order valence-electron chi connectivity index (χ0n) is 13.3. The highest BCUT2D eigenvalue weighted by atomic mass is 32.1. The maximum Gasteiger partial charge on any atom is 0.365 e. The molecular weight excluding hydrogens is 318 g/mol. The van der Waals surface area contributed by atoms with Gasteiger partial charge < -0.3 is 4.84 Å². The van der Waals surface area contributed by atoms with Gasteiger partial charge >= 0.3 is 5.97 Å². The third-order valence-electron chi connectivity index (χ3n) is 3.51. The molecule has 0 aliphatic heterocycles. The molecule has 0 saturated carbocycles. The summed E-state index contributed by atoms with van der Waals surface area (Å²) in [6, 6.07) is 21.2. The molecule has 0 N–H and O–H groups in total. The second-order valence-electron chi connectivity index (χ2n) is 5.43. The largest absolute Gasteiger partial charge is 0.365 e. The standard InChI is InChI=1S/C20H17NO2S/c1-15-7-5-10-17(13-15)20(22)23-21-18(19-11-6-12-24-19)14-16-8-3-2-4-9-16/h2-13H,14H2,1H3/b21-18+. The number of carbonyl (C=O) groups is 1. The molecule has 120 valence electrons. The van der Waals surface area contributed by atoms with Gasteiger partial charge in [0.15, 0.2) is 0 Å². The Morgan fingerprint density at radius 1 is 1.04 bits per heavy atom. The molecular formula is C20H17NO2S. The molecule has 0 aliphatic carbocycles. The monoisotopic (exact) mass is 335 g/mol. The van der Waals surface area contributed by atoms with Gasteiger partial charge in [-0.2, -0.15) is 0 Å². The van der Waals surface area contributed by atoms with E-state index in [-0.39, 0.29) is 0 Å². The van der Waals surface area contributed by atoms with Gasteiger partial charge in [0, 0.05) is 6.42 Å². The summed E-state index contributed by atoms with van der Waals surface area (Å²) in [6.45, 7) is 1.94. The first-order valence-corrected chi connectivity index (χ1v) is 8.53. The summed E-state index contributed by atoms with van der Waals surface area (Å²) in [5.41, 5.74) is 3.38. The van der Waals surface area contributed by atoms with Crippen LogP contribution in [0.4, 0.5) is 0 Å². The van der Waals surface area contributed by atoms with Crippen molar-refractivity contribution in [3.05, 3.63) is 93.7 Å². The molecule has 0 atom stereocenters. The molecule has 2 aromatic carbocycles. The Labute approximate surface area is 145 Å². The first-order chi connectivity index (χ1) is 11.7. The van der Waals surface area contributed by atoms with Crippen LogP contribution in [0, 0.1) is 6.92 Å². The molecule has 0 amide bonds. The van der Waals surface area contributed by atoms with E-state index in [1.54, 1.807) is 23.5 Å². The first kappa shape index (κ1) is 16.1. The van der Waals surface area contributed by atoms with Gasteiger partial charge in [0.1, 0.15) is 5.71 Å². The Morgan fingerprint density at radius 2 is 1.88 bits per heavy atom. The molecule has 0 unspecified atom stereocenters. The van der Waals surface area contributed by atoms with Crippen LogP contribution in [0.5, 0.6) is 0 Å². The van der Waals surface area contributed by atoms with Gasteiger partial charge in [-0.15, -0.1) is 11.3 Å². The number of nitrogens with zero attached hydrogens (tertiary/aromatic N) is 1. The number of hydrogen-bond acceptors (Lipinski definition) is 4. The number of aryl methyl sites for hydroxylation is 1. The lowest BCUT2D eigenvalue weighted by molar-refractivity contribution is 0.0516. The van der Waals surface area contributed by atoms with Gasteiger partial charge in [-0.1, -0.05) is 59.3 Å². The Kier molecular flexibility index (Phi) is 5.18. The number of thiophene rings is 1. The molecule has 0 saturated heterocycles. The predicted molar refractivity (Wildman–Crippen MR) is 97.6 cm³/mol. The summed E-state index contributed by atoms with van der Waals surface area (Å²) >= 11 is 1.58. The first-order valence-electron chi connectivity index (χ1n) is 7.65. The second-order valence-corrected chi connectivity index (χ2v) is 6.37. The molecule has 0 aliphatic rings. The Balaban J connectivity index is 1.80. The quantitative estimate of drug-likeness (QED) is 0.379. The van der Waals surface area contributed by atoms with Crippen molar-refractivity contribution in [2.24, 2.45) is 5.16 Å². The van der Waals surface area contributed by atoms with Crippen LogP contribution in [0.25, 0.3) is 0 Å². The van der Waals surface area contributed by atoms with Crippen molar-refractivity contribution in [1.29, 1.82) is 0 Å². The van der Waals surface area contributed by atoms with E-state index in [4.69, 9.17) is 4.84 Å². The van der Waals surface area contributed by atoms with E-state index in [1.165, 1.54) is 0 Å². The average molecular weight is 335 g/mol. The van der Waals surface area contributed by atoms with Crippen molar-refractivity contribution in [3.8, 4) is 0 Å². The highest BCUT2D eigenvalue weighted by Crippen LogP contribution is 2.15. The van der Waals surface area contributed by atoms with Gasteiger partial charge in [-0.3, -0.25) is 0 Å². The van der Waals surface area contributed by atoms with Gasteiger partial charge in [-0.25, -0.2) is 4.79 Å². The smallest absolute Gasteiger partial charge is 0.312 e. The summed E-state index contributed by atoms with van der Waals surface area (Å²) in [5, 5.41) is 6.13. The summed E-state index contributed by atoms with van der Waals surface area (Å²) < 4.78 is 0. The van der Waals surface area contributed by atoms with Crippen LogP contribution in [0.3, 0.4) is 0 Å². The van der Waals surface area contributed by atoms with E-state index in [0.29, 0.717) is 12.0 Å². The van der Waals surface area contributed by atoms with Gasteiger partial charge in [0.2, 0.25) is 0 Å². The van der Waals surface area contributed by atoms with Crippen molar-refractivity contribution < 1.29 is 9.63 Å². The van der Waals surface area contributed by atoms with Crippen LogP contribution in [0.15, 0.2) is 77.3 Å². The molecule has 24 heavy (non-hydrogen) atoms. The normalized spacial score (nSPS) is 11.3. The summed E-state index contributed by atoms with van der Waals surface area (Å²) in [7, 11) is 0. The van der Waals surface area contributed by atoms with Crippen LogP contribution in [0.1, 0.15) is 26.4 Å². The lowest BCUT2D eigenvalue weighted by atomic mass is 10.1. The minimum atomic E-state index is -0.444. The van der Waals surface area contributed by atoms with E-state index in [9.17, 15) is 4.79 Å². The van der Waals surface area contributed by atoms with Gasteiger partial charge in [-0.05, 0) is 36.1 Å². The van der Waals surface area contributed by atoms with Crippen LogP contribution < -0.4 is 0 Å². The summed E-state index contributed by atoms with van der Waals surface area (Å²) in [6.07, 6.45) is 0.614. The Bertz CT molecular complexity index is 839. The molecule has 3 nitrogen and oxygen atoms in total. The number of hydrogen-bond donors (Lipinski definition) is 0. The van der Waals surface area contributed by atoms with Crippen molar-refractivity contribution >= 4 is 23.0 Å². The second kappa shape index (κ2) is 7.70. The van der Waals surface area contributed by atoms with Crippen LogP contribution >= 0.6 is 11.3 Å². The number of oxime groups is 1. The highest BCUT2D eigenvalue weighted by Gasteiger charge is 2.11. The van der Waals surface area contributed by atoms with Crippen molar-refractivity contribution in [2.75, 3.05) is 0 Å². The van der Waals surface area contributed by atoms with Crippen LogP contribution in [0.2, 0.25) is 0 Å². The van der Waals surface area contributed by atoms with Gasteiger partial charge in [0.05, 0.1) is 10.4 Å². The minimum Gasteiger partial charge on any atom is -0.312 e. The topological polar surface area (TPSA) is 38.7 Å². The third-order valence-corrected chi connectivity index (χ3v) is 4.43.